The normalized spacial score (nSPS) is 9.65. The molecule has 108 valence electrons. The van der Waals surface area contributed by atoms with Gasteiger partial charge in [0.05, 0.1) is 12.8 Å². The minimum atomic E-state index is -0.874. The topological polar surface area (TPSA) is 84.9 Å². The third-order valence-corrected chi connectivity index (χ3v) is 2.46. The van der Waals surface area contributed by atoms with E-state index in [1.807, 2.05) is 0 Å². The molecule has 0 saturated carbocycles. The van der Waals surface area contributed by atoms with Crippen molar-refractivity contribution in [3.8, 4) is 5.75 Å². The van der Waals surface area contributed by atoms with E-state index in [0.29, 0.717) is 17.9 Å². The van der Waals surface area contributed by atoms with E-state index in [1.165, 1.54) is 13.2 Å². The minimum Gasteiger partial charge on any atom is -0.495 e. The number of carbonyl (C=O) groups is 2. The van der Waals surface area contributed by atoms with Crippen LogP contribution in [0.3, 0.4) is 0 Å². The van der Waals surface area contributed by atoms with Gasteiger partial charge in [-0.3, -0.25) is 10.1 Å². The molecule has 1 amide bonds. The lowest BCUT2D eigenvalue weighted by atomic mass is 10.1. The quantitative estimate of drug-likeness (QED) is 0.749. The van der Waals surface area contributed by atoms with Crippen molar-refractivity contribution in [2.24, 2.45) is 0 Å². The highest BCUT2D eigenvalue weighted by Gasteiger charge is 2.09. The summed E-state index contributed by atoms with van der Waals surface area (Å²) in [6.07, 6.45) is 1.22. The first-order chi connectivity index (χ1) is 9.56. The van der Waals surface area contributed by atoms with Gasteiger partial charge in [0.25, 0.3) is 0 Å². The number of benzene rings is 1. The summed E-state index contributed by atoms with van der Waals surface area (Å²) in [5.74, 6) is -0.402. The second-order valence-electron chi connectivity index (χ2n) is 3.94. The van der Waals surface area contributed by atoms with Gasteiger partial charge in [-0.1, -0.05) is 18.7 Å². The lowest BCUT2D eigenvalue weighted by Crippen LogP contribution is -2.14. The van der Waals surface area contributed by atoms with Crippen molar-refractivity contribution >= 4 is 17.7 Å². The molecule has 0 unspecified atom stereocenters. The molecule has 0 spiro atoms. The molecule has 0 fully saturated rings. The number of carboxylic acid groups (broad SMARTS) is 1. The van der Waals surface area contributed by atoms with Gasteiger partial charge in [-0.15, -0.1) is 0 Å². The summed E-state index contributed by atoms with van der Waals surface area (Å²) in [6, 6.07) is 5.08. The number of hydrogen-bond donors (Lipinski definition) is 2. The van der Waals surface area contributed by atoms with Crippen LogP contribution < -0.4 is 10.1 Å². The van der Waals surface area contributed by atoms with Gasteiger partial charge >= 0.3 is 12.1 Å². The molecular weight excluding hydrogens is 262 g/mol. The zero-order valence-electron chi connectivity index (χ0n) is 11.2. The van der Waals surface area contributed by atoms with Crippen molar-refractivity contribution < 1.29 is 24.2 Å². The van der Waals surface area contributed by atoms with E-state index in [9.17, 15) is 9.59 Å². The zero-order chi connectivity index (χ0) is 15.0. The Morgan fingerprint density at radius 2 is 2.20 bits per heavy atom. The monoisotopic (exact) mass is 279 g/mol. The number of nitrogens with one attached hydrogen (secondary N) is 1. The highest BCUT2D eigenvalue weighted by molar-refractivity contribution is 5.87. The smallest absolute Gasteiger partial charge is 0.412 e. The van der Waals surface area contributed by atoms with Crippen LogP contribution >= 0.6 is 0 Å². The Hall–Kier alpha value is -2.50. The number of amides is 1. The Kier molecular flexibility index (Phi) is 6.09. The molecule has 0 aliphatic carbocycles. The Morgan fingerprint density at radius 3 is 2.80 bits per heavy atom. The predicted molar refractivity (Wildman–Crippen MR) is 74.1 cm³/mol. The lowest BCUT2D eigenvalue weighted by Gasteiger charge is -2.11. The summed E-state index contributed by atoms with van der Waals surface area (Å²) >= 11 is 0. The fourth-order valence-electron chi connectivity index (χ4n) is 1.54. The molecule has 1 aromatic carbocycles. The standard InChI is InChI=1S/C14H17NO5/c1-3-8-20-14(18)15-11-9-10(5-7-13(16)17)4-6-12(11)19-2/h3-4,6,9H,1,5,7-8H2,2H3,(H,15,18)(H,16,17). The summed E-state index contributed by atoms with van der Waals surface area (Å²) < 4.78 is 9.94. The van der Waals surface area contributed by atoms with Crippen molar-refractivity contribution in [3.63, 3.8) is 0 Å². The Bertz CT molecular complexity index is 498. The number of ether oxygens (including phenoxy) is 2. The van der Waals surface area contributed by atoms with Gasteiger partial charge in [0, 0.05) is 6.42 Å². The van der Waals surface area contributed by atoms with Gasteiger partial charge in [-0.2, -0.15) is 0 Å². The molecule has 1 rings (SSSR count). The summed E-state index contributed by atoms with van der Waals surface area (Å²) in [6.45, 7) is 3.55. The number of anilines is 1. The van der Waals surface area contributed by atoms with E-state index >= 15 is 0 Å². The van der Waals surface area contributed by atoms with Crippen molar-refractivity contribution in [2.45, 2.75) is 12.8 Å². The van der Waals surface area contributed by atoms with Gasteiger partial charge < -0.3 is 14.6 Å². The third kappa shape index (κ3) is 5.01. The average molecular weight is 279 g/mol. The Labute approximate surface area is 117 Å². The number of methoxy groups -OCH3 is 1. The molecule has 0 atom stereocenters. The van der Waals surface area contributed by atoms with Gasteiger partial charge in [0.15, 0.2) is 0 Å². The summed E-state index contributed by atoms with van der Waals surface area (Å²) in [4.78, 5) is 22.0. The number of hydrogen-bond acceptors (Lipinski definition) is 4. The van der Waals surface area contributed by atoms with E-state index in [2.05, 4.69) is 11.9 Å². The zero-order valence-corrected chi connectivity index (χ0v) is 11.2. The molecule has 0 aliphatic rings. The van der Waals surface area contributed by atoms with E-state index in [1.54, 1.807) is 18.2 Å². The van der Waals surface area contributed by atoms with Crippen LogP contribution in [0.2, 0.25) is 0 Å². The van der Waals surface area contributed by atoms with E-state index in [4.69, 9.17) is 14.6 Å². The Morgan fingerprint density at radius 1 is 1.45 bits per heavy atom. The maximum absolute atomic E-state index is 11.5. The van der Waals surface area contributed by atoms with Crippen LogP contribution in [0.5, 0.6) is 5.75 Å². The molecule has 6 nitrogen and oxygen atoms in total. The van der Waals surface area contributed by atoms with Crippen molar-refractivity contribution in [3.05, 3.63) is 36.4 Å². The summed E-state index contributed by atoms with van der Waals surface area (Å²) in [5.41, 5.74) is 1.22. The lowest BCUT2D eigenvalue weighted by molar-refractivity contribution is -0.136. The number of rotatable bonds is 7. The minimum absolute atomic E-state index is 0.0205. The Balaban J connectivity index is 2.79. The summed E-state index contributed by atoms with van der Waals surface area (Å²) in [5, 5.41) is 11.2. The highest BCUT2D eigenvalue weighted by atomic mass is 16.5. The first kappa shape index (κ1) is 15.6. The molecule has 20 heavy (non-hydrogen) atoms. The number of aryl methyl sites for hydroxylation is 1. The van der Waals surface area contributed by atoms with Crippen molar-refractivity contribution in [1.29, 1.82) is 0 Å². The van der Waals surface area contributed by atoms with E-state index in [-0.39, 0.29) is 13.0 Å². The maximum atomic E-state index is 11.5. The van der Waals surface area contributed by atoms with E-state index in [0.717, 1.165) is 5.56 Å². The molecule has 0 aliphatic heterocycles. The van der Waals surface area contributed by atoms with Crippen LogP contribution in [0.25, 0.3) is 0 Å². The maximum Gasteiger partial charge on any atom is 0.412 e. The molecule has 6 heteroatoms. The van der Waals surface area contributed by atoms with Crippen LogP contribution in [0, 0.1) is 0 Å². The number of aliphatic carboxylic acids is 1. The van der Waals surface area contributed by atoms with Crippen LogP contribution in [-0.4, -0.2) is 30.9 Å². The average Bonchev–Trinajstić information content (AvgIpc) is 2.43. The molecule has 1 aromatic rings. The van der Waals surface area contributed by atoms with Crippen LogP contribution in [0.15, 0.2) is 30.9 Å². The molecule has 2 N–H and O–H groups in total. The second-order valence-corrected chi connectivity index (χ2v) is 3.94. The molecule has 0 aromatic heterocycles. The fourth-order valence-corrected chi connectivity index (χ4v) is 1.54. The molecule has 0 heterocycles. The highest BCUT2D eigenvalue weighted by Crippen LogP contribution is 2.26. The molecule has 0 saturated heterocycles. The van der Waals surface area contributed by atoms with Gasteiger partial charge in [0.1, 0.15) is 12.4 Å². The van der Waals surface area contributed by atoms with Crippen molar-refractivity contribution in [1.82, 2.24) is 0 Å². The van der Waals surface area contributed by atoms with Gasteiger partial charge in [-0.05, 0) is 24.1 Å². The van der Waals surface area contributed by atoms with Gasteiger partial charge in [0.2, 0.25) is 0 Å². The number of carboxylic acids is 1. The summed E-state index contributed by atoms with van der Waals surface area (Å²) in [7, 11) is 1.48. The van der Waals surface area contributed by atoms with Crippen LogP contribution in [-0.2, 0) is 16.0 Å². The first-order valence-corrected chi connectivity index (χ1v) is 6.00. The first-order valence-electron chi connectivity index (χ1n) is 6.00. The van der Waals surface area contributed by atoms with Crippen LogP contribution in [0.1, 0.15) is 12.0 Å². The fraction of sp³-hybridized carbons (Fsp3) is 0.286. The van der Waals surface area contributed by atoms with Gasteiger partial charge in [-0.25, -0.2) is 4.79 Å². The number of carbonyl (C=O) groups excluding carboxylic acids is 1. The molecule has 0 radical (unpaired) electrons. The predicted octanol–water partition coefficient (Wildman–Crippen LogP) is 2.45. The van der Waals surface area contributed by atoms with Crippen LogP contribution in [0.4, 0.5) is 10.5 Å². The third-order valence-electron chi connectivity index (χ3n) is 2.46. The molecule has 0 bridgehead atoms. The van der Waals surface area contributed by atoms with Crippen molar-refractivity contribution in [2.75, 3.05) is 19.0 Å². The SMILES string of the molecule is C=CCOC(=O)Nc1cc(CCC(=O)O)ccc1OC. The second kappa shape index (κ2) is 7.83. The van der Waals surface area contributed by atoms with E-state index < -0.39 is 12.1 Å². The largest absolute Gasteiger partial charge is 0.495 e. The molecular formula is C14H17NO5.